The molecule has 0 saturated heterocycles. The second-order valence-electron chi connectivity index (χ2n) is 3.88. The highest BCUT2D eigenvalue weighted by atomic mass is 32.2. The molecule has 0 radical (unpaired) electrons. The highest BCUT2D eigenvalue weighted by Crippen LogP contribution is 2.51. The van der Waals surface area contributed by atoms with Gasteiger partial charge in [0.1, 0.15) is 0 Å². The van der Waals surface area contributed by atoms with Gasteiger partial charge in [0.05, 0.1) is 0 Å². The van der Waals surface area contributed by atoms with Gasteiger partial charge in [0.2, 0.25) is 0 Å². The van der Waals surface area contributed by atoms with Crippen LogP contribution in [0.4, 0.5) is 0 Å². The molecule has 0 atom stereocenters. The highest BCUT2D eigenvalue weighted by Gasteiger charge is 2.45. The van der Waals surface area contributed by atoms with Crippen LogP contribution < -0.4 is 9.86 Å². The number of rotatable bonds is 4. The van der Waals surface area contributed by atoms with E-state index >= 15 is 0 Å². The third-order valence-corrected chi connectivity index (χ3v) is 3.29. The summed E-state index contributed by atoms with van der Waals surface area (Å²) in [5.41, 5.74) is 0.187. The van der Waals surface area contributed by atoms with E-state index in [0.29, 0.717) is 12.5 Å². The van der Waals surface area contributed by atoms with Crippen molar-refractivity contribution in [3.05, 3.63) is 0 Å². The standard InChI is InChI=1S/C7H16N2O2S/c1-6(2)7(3-4-7)5-9-12(8,10)11/h6,9H,3-5H2,1-2H3,(H2,8,10,11). The van der Waals surface area contributed by atoms with Crippen molar-refractivity contribution < 1.29 is 8.42 Å². The Kier molecular flexibility index (Phi) is 2.47. The normalized spacial score (nSPS) is 21.3. The second kappa shape index (κ2) is 2.97. The van der Waals surface area contributed by atoms with E-state index in [0.717, 1.165) is 12.8 Å². The van der Waals surface area contributed by atoms with Crippen LogP contribution in [0.5, 0.6) is 0 Å². The van der Waals surface area contributed by atoms with Crippen LogP contribution in [0.2, 0.25) is 0 Å². The molecule has 0 spiro atoms. The van der Waals surface area contributed by atoms with Gasteiger partial charge in [-0.05, 0) is 24.2 Å². The minimum atomic E-state index is -3.50. The van der Waals surface area contributed by atoms with E-state index < -0.39 is 10.2 Å². The molecule has 12 heavy (non-hydrogen) atoms. The zero-order valence-electron chi connectivity index (χ0n) is 7.50. The first-order valence-electron chi connectivity index (χ1n) is 4.13. The van der Waals surface area contributed by atoms with Crippen molar-refractivity contribution in [1.82, 2.24) is 4.72 Å². The van der Waals surface area contributed by atoms with Gasteiger partial charge < -0.3 is 0 Å². The Bertz CT molecular complexity index is 255. The summed E-state index contributed by atoms with van der Waals surface area (Å²) < 4.78 is 23.5. The van der Waals surface area contributed by atoms with Crippen molar-refractivity contribution in [2.75, 3.05) is 6.54 Å². The highest BCUT2D eigenvalue weighted by molar-refractivity contribution is 7.87. The fourth-order valence-corrected chi connectivity index (χ4v) is 1.85. The summed E-state index contributed by atoms with van der Waals surface area (Å²) in [6, 6.07) is 0. The Hall–Kier alpha value is -0.130. The minimum absolute atomic E-state index is 0.187. The second-order valence-corrected chi connectivity index (χ2v) is 5.26. The third-order valence-electron chi connectivity index (χ3n) is 2.74. The SMILES string of the molecule is CC(C)C1(CNS(N)(=O)=O)CC1. The lowest BCUT2D eigenvalue weighted by molar-refractivity contribution is 0.357. The van der Waals surface area contributed by atoms with Crippen LogP contribution in [-0.2, 0) is 10.2 Å². The maximum absolute atomic E-state index is 10.6. The topological polar surface area (TPSA) is 72.2 Å². The predicted molar refractivity (Wildman–Crippen MR) is 47.6 cm³/mol. The molecule has 1 saturated carbocycles. The van der Waals surface area contributed by atoms with Gasteiger partial charge in [-0.1, -0.05) is 13.8 Å². The fourth-order valence-electron chi connectivity index (χ4n) is 1.36. The number of nitrogens with two attached hydrogens (primary N) is 1. The summed E-state index contributed by atoms with van der Waals surface area (Å²) >= 11 is 0. The van der Waals surface area contributed by atoms with Crippen LogP contribution >= 0.6 is 0 Å². The molecule has 0 aliphatic heterocycles. The molecule has 1 rings (SSSR count). The Morgan fingerprint density at radius 2 is 2.00 bits per heavy atom. The molecule has 0 aromatic carbocycles. The monoisotopic (exact) mass is 192 g/mol. The van der Waals surface area contributed by atoms with Crippen LogP contribution in [0.3, 0.4) is 0 Å². The molecule has 1 aliphatic carbocycles. The van der Waals surface area contributed by atoms with Gasteiger partial charge in [-0.25, -0.2) is 9.86 Å². The van der Waals surface area contributed by atoms with Crippen LogP contribution in [0.1, 0.15) is 26.7 Å². The van der Waals surface area contributed by atoms with Gasteiger partial charge in [-0.2, -0.15) is 8.42 Å². The first-order valence-corrected chi connectivity index (χ1v) is 5.68. The van der Waals surface area contributed by atoms with Gasteiger partial charge in [0.15, 0.2) is 0 Å². The van der Waals surface area contributed by atoms with E-state index in [4.69, 9.17) is 5.14 Å². The first-order chi connectivity index (χ1) is 5.36. The molecule has 72 valence electrons. The smallest absolute Gasteiger partial charge is 0.216 e. The maximum Gasteiger partial charge on any atom is 0.274 e. The zero-order chi connectivity index (χ0) is 9.41. The number of hydrogen-bond donors (Lipinski definition) is 2. The molecular weight excluding hydrogens is 176 g/mol. The largest absolute Gasteiger partial charge is 0.274 e. The van der Waals surface area contributed by atoms with Crippen molar-refractivity contribution in [3.63, 3.8) is 0 Å². The van der Waals surface area contributed by atoms with E-state index in [2.05, 4.69) is 18.6 Å². The summed E-state index contributed by atoms with van der Waals surface area (Å²) in [4.78, 5) is 0. The van der Waals surface area contributed by atoms with Gasteiger partial charge in [-0.3, -0.25) is 0 Å². The molecule has 5 heteroatoms. The molecule has 4 nitrogen and oxygen atoms in total. The average molecular weight is 192 g/mol. The van der Waals surface area contributed by atoms with Crippen LogP contribution in [0.15, 0.2) is 0 Å². The Balaban J connectivity index is 2.43. The fraction of sp³-hybridized carbons (Fsp3) is 1.00. The first kappa shape index (κ1) is 9.95. The van der Waals surface area contributed by atoms with Gasteiger partial charge >= 0.3 is 0 Å². The van der Waals surface area contributed by atoms with Crippen LogP contribution in [0, 0.1) is 11.3 Å². The van der Waals surface area contributed by atoms with E-state index in [1.807, 2.05) is 0 Å². The molecule has 0 aromatic heterocycles. The van der Waals surface area contributed by atoms with Crippen LogP contribution in [0.25, 0.3) is 0 Å². The van der Waals surface area contributed by atoms with E-state index in [9.17, 15) is 8.42 Å². The lowest BCUT2D eigenvalue weighted by Gasteiger charge is -2.18. The number of nitrogens with one attached hydrogen (secondary N) is 1. The van der Waals surface area contributed by atoms with Gasteiger partial charge in [-0.15, -0.1) is 0 Å². The Labute approximate surface area is 73.7 Å². The quantitative estimate of drug-likeness (QED) is 0.668. The minimum Gasteiger partial charge on any atom is -0.216 e. The molecule has 3 N–H and O–H groups in total. The lowest BCUT2D eigenvalue weighted by Crippen LogP contribution is -2.36. The van der Waals surface area contributed by atoms with E-state index in [-0.39, 0.29) is 5.41 Å². The Morgan fingerprint density at radius 3 is 2.25 bits per heavy atom. The molecule has 0 aromatic rings. The molecular formula is C7H16N2O2S. The number of hydrogen-bond acceptors (Lipinski definition) is 2. The van der Waals surface area contributed by atoms with Gasteiger partial charge in [0, 0.05) is 6.54 Å². The van der Waals surface area contributed by atoms with Crippen molar-refractivity contribution in [2.45, 2.75) is 26.7 Å². The molecule has 0 unspecified atom stereocenters. The summed E-state index contributed by atoms with van der Waals surface area (Å²) in [6.07, 6.45) is 2.21. The Morgan fingerprint density at radius 1 is 1.50 bits per heavy atom. The average Bonchev–Trinajstić information content (AvgIpc) is 2.61. The maximum atomic E-state index is 10.6. The zero-order valence-corrected chi connectivity index (χ0v) is 8.32. The summed E-state index contributed by atoms with van der Waals surface area (Å²) in [5, 5.41) is 4.83. The molecule has 0 bridgehead atoms. The third kappa shape index (κ3) is 2.43. The molecule has 0 heterocycles. The van der Waals surface area contributed by atoms with E-state index in [1.165, 1.54) is 0 Å². The van der Waals surface area contributed by atoms with E-state index in [1.54, 1.807) is 0 Å². The molecule has 0 amide bonds. The van der Waals surface area contributed by atoms with Crippen molar-refractivity contribution in [1.29, 1.82) is 0 Å². The summed E-state index contributed by atoms with van der Waals surface area (Å²) in [6.45, 7) is 4.71. The van der Waals surface area contributed by atoms with Crippen molar-refractivity contribution >= 4 is 10.2 Å². The lowest BCUT2D eigenvalue weighted by atomic mass is 9.93. The summed E-state index contributed by atoms with van der Waals surface area (Å²) in [7, 11) is -3.50. The van der Waals surface area contributed by atoms with Crippen molar-refractivity contribution in [3.8, 4) is 0 Å². The predicted octanol–water partition coefficient (Wildman–Crippen LogP) is 0.216. The van der Waals surface area contributed by atoms with Gasteiger partial charge in [0.25, 0.3) is 10.2 Å². The summed E-state index contributed by atoms with van der Waals surface area (Å²) in [5.74, 6) is 0.520. The molecule has 1 aliphatic rings. The van der Waals surface area contributed by atoms with Crippen molar-refractivity contribution in [2.24, 2.45) is 16.5 Å². The molecule has 1 fully saturated rings. The van der Waals surface area contributed by atoms with Crippen LogP contribution in [-0.4, -0.2) is 15.0 Å².